The predicted octanol–water partition coefficient (Wildman–Crippen LogP) is 1.86. The van der Waals surface area contributed by atoms with Crippen LogP contribution in [0, 0.1) is 5.92 Å². The van der Waals surface area contributed by atoms with Gasteiger partial charge in [0.25, 0.3) is 5.91 Å². The molecule has 0 saturated carbocycles. The summed E-state index contributed by atoms with van der Waals surface area (Å²) in [4.78, 5) is 16.0. The number of anilines is 1. The Morgan fingerprint density at radius 3 is 2.84 bits per heavy atom. The molecule has 0 aromatic carbocycles. The van der Waals surface area contributed by atoms with Crippen LogP contribution in [0.3, 0.4) is 0 Å². The molecule has 0 bridgehead atoms. The number of nitrogens with zero attached hydrogens (tertiary/aromatic N) is 1. The molecule has 1 saturated heterocycles. The summed E-state index contributed by atoms with van der Waals surface area (Å²) in [6, 6.07) is 3.14. The second-order valence-corrected chi connectivity index (χ2v) is 5.20. The number of carbonyl (C=O) groups is 1. The minimum atomic E-state index is -0.171. The van der Waals surface area contributed by atoms with E-state index in [1.54, 1.807) is 0 Å². The Hall–Kier alpha value is -1.33. The van der Waals surface area contributed by atoms with Gasteiger partial charge < -0.3 is 15.8 Å². The summed E-state index contributed by atoms with van der Waals surface area (Å²) >= 11 is 5.79. The first kappa shape index (κ1) is 14.1. The third-order valence-corrected chi connectivity index (χ3v) is 3.60. The zero-order valence-corrected chi connectivity index (χ0v) is 11.6. The summed E-state index contributed by atoms with van der Waals surface area (Å²) < 4.78 is 5.32. The zero-order valence-electron chi connectivity index (χ0n) is 10.9. The van der Waals surface area contributed by atoms with Crippen molar-refractivity contribution in [3.63, 3.8) is 0 Å². The number of nitrogens with one attached hydrogen (secondary N) is 1. The van der Waals surface area contributed by atoms with Crippen LogP contribution in [0.2, 0.25) is 5.15 Å². The van der Waals surface area contributed by atoms with Crippen molar-refractivity contribution in [2.45, 2.75) is 25.8 Å². The van der Waals surface area contributed by atoms with Gasteiger partial charge in [0.05, 0.1) is 0 Å². The van der Waals surface area contributed by atoms with Crippen LogP contribution in [0.1, 0.15) is 30.1 Å². The molecule has 19 heavy (non-hydrogen) atoms. The second kappa shape index (κ2) is 6.21. The standard InChI is InChI=1S/C13H18ClN3O2/c1-8(9-2-4-19-5-3-9)16-13(18)10-6-11(14)17-12(15)7-10/h6-9H,2-5H2,1H3,(H2,15,17)(H,16,18). The van der Waals surface area contributed by atoms with Crippen molar-refractivity contribution in [3.05, 3.63) is 22.8 Å². The molecule has 6 heteroatoms. The van der Waals surface area contributed by atoms with E-state index in [1.807, 2.05) is 6.92 Å². The molecule has 1 unspecified atom stereocenters. The molecule has 1 fully saturated rings. The largest absolute Gasteiger partial charge is 0.384 e. The van der Waals surface area contributed by atoms with Crippen LogP contribution in [0.25, 0.3) is 0 Å². The molecule has 1 aromatic rings. The fraction of sp³-hybridized carbons (Fsp3) is 0.538. The highest BCUT2D eigenvalue weighted by Gasteiger charge is 2.22. The van der Waals surface area contributed by atoms with Crippen LogP contribution < -0.4 is 11.1 Å². The summed E-state index contributed by atoms with van der Waals surface area (Å²) in [6.07, 6.45) is 1.95. The Morgan fingerprint density at radius 2 is 2.21 bits per heavy atom. The number of nitrogens with two attached hydrogens (primary N) is 1. The molecule has 5 nitrogen and oxygen atoms in total. The van der Waals surface area contributed by atoms with E-state index in [4.69, 9.17) is 22.1 Å². The third kappa shape index (κ3) is 3.81. The van der Waals surface area contributed by atoms with E-state index in [9.17, 15) is 4.79 Å². The van der Waals surface area contributed by atoms with Crippen molar-refractivity contribution in [1.29, 1.82) is 0 Å². The Kier molecular flexibility index (Phi) is 4.61. The van der Waals surface area contributed by atoms with Crippen LogP contribution in [0.15, 0.2) is 12.1 Å². The molecule has 2 rings (SSSR count). The maximum absolute atomic E-state index is 12.1. The molecule has 1 atom stereocenters. The Labute approximate surface area is 117 Å². The second-order valence-electron chi connectivity index (χ2n) is 4.82. The number of halogens is 1. The summed E-state index contributed by atoms with van der Waals surface area (Å²) in [5.74, 6) is 0.527. The van der Waals surface area contributed by atoms with Crippen LogP contribution in [-0.2, 0) is 4.74 Å². The monoisotopic (exact) mass is 283 g/mol. The van der Waals surface area contributed by atoms with Crippen molar-refractivity contribution < 1.29 is 9.53 Å². The summed E-state index contributed by atoms with van der Waals surface area (Å²) in [5.41, 5.74) is 6.02. The van der Waals surface area contributed by atoms with Gasteiger partial charge in [0.15, 0.2) is 0 Å². The minimum Gasteiger partial charge on any atom is -0.384 e. The number of nitrogen functional groups attached to an aromatic ring is 1. The zero-order chi connectivity index (χ0) is 13.8. The maximum atomic E-state index is 12.1. The average Bonchev–Trinajstić information content (AvgIpc) is 2.38. The molecule has 1 aliphatic rings. The summed E-state index contributed by atoms with van der Waals surface area (Å²) in [7, 11) is 0. The Bertz CT molecular complexity index is 441. The molecular formula is C13H18ClN3O2. The van der Waals surface area contributed by atoms with Gasteiger partial charge in [-0.1, -0.05) is 11.6 Å². The van der Waals surface area contributed by atoms with Gasteiger partial charge in [-0.15, -0.1) is 0 Å². The van der Waals surface area contributed by atoms with Crippen LogP contribution in [-0.4, -0.2) is 30.1 Å². The fourth-order valence-electron chi connectivity index (χ4n) is 2.27. The maximum Gasteiger partial charge on any atom is 0.251 e. The lowest BCUT2D eigenvalue weighted by atomic mass is 9.93. The van der Waals surface area contributed by atoms with E-state index < -0.39 is 0 Å². The molecule has 3 N–H and O–H groups in total. The van der Waals surface area contributed by atoms with Crippen molar-refractivity contribution in [3.8, 4) is 0 Å². The molecule has 0 aliphatic carbocycles. The molecule has 1 amide bonds. The first-order valence-corrected chi connectivity index (χ1v) is 6.75. The molecular weight excluding hydrogens is 266 g/mol. The number of carbonyl (C=O) groups excluding carboxylic acids is 1. The lowest BCUT2D eigenvalue weighted by Crippen LogP contribution is -2.40. The van der Waals surface area contributed by atoms with Gasteiger partial charge in [0, 0.05) is 24.8 Å². The van der Waals surface area contributed by atoms with Crippen LogP contribution in [0.5, 0.6) is 0 Å². The number of pyridine rings is 1. The average molecular weight is 284 g/mol. The first-order chi connectivity index (χ1) is 9.06. The fourth-order valence-corrected chi connectivity index (χ4v) is 2.49. The number of aromatic nitrogens is 1. The van der Waals surface area contributed by atoms with Crippen molar-refractivity contribution in [2.24, 2.45) is 5.92 Å². The van der Waals surface area contributed by atoms with Gasteiger partial charge in [0.2, 0.25) is 0 Å². The van der Waals surface area contributed by atoms with Gasteiger partial charge >= 0.3 is 0 Å². The SMILES string of the molecule is CC(NC(=O)c1cc(N)nc(Cl)c1)C1CCOCC1. The highest BCUT2D eigenvalue weighted by molar-refractivity contribution is 6.29. The van der Waals surface area contributed by atoms with Gasteiger partial charge in [0.1, 0.15) is 11.0 Å². The normalized spacial score (nSPS) is 18.0. The molecule has 0 spiro atoms. The highest BCUT2D eigenvalue weighted by atomic mass is 35.5. The van der Waals surface area contributed by atoms with Crippen LogP contribution in [0.4, 0.5) is 5.82 Å². The van der Waals surface area contributed by atoms with Crippen molar-refractivity contribution >= 4 is 23.3 Å². The minimum absolute atomic E-state index is 0.101. The van der Waals surface area contributed by atoms with Crippen molar-refractivity contribution in [1.82, 2.24) is 10.3 Å². The molecule has 1 aliphatic heterocycles. The first-order valence-electron chi connectivity index (χ1n) is 6.38. The number of rotatable bonds is 3. The van der Waals surface area contributed by atoms with E-state index >= 15 is 0 Å². The smallest absolute Gasteiger partial charge is 0.251 e. The number of hydrogen-bond donors (Lipinski definition) is 2. The summed E-state index contributed by atoms with van der Waals surface area (Å²) in [5, 5.41) is 3.21. The van der Waals surface area contributed by atoms with Gasteiger partial charge in [-0.2, -0.15) is 0 Å². The van der Waals surface area contributed by atoms with E-state index in [1.165, 1.54) is 12.1 Å². The Balaban J connectivity index is 1.99. The lowest BCUT2D eigenvalue weighted by molar-refractivity contribution is 0.0538. The molecule has 1 aromatic heterocycles. The Morgan fingerprint density at radius 1 is 1.53 bits per heavy atom. The quantitative estimate of drug-likeness (QED) is 0.830. The van der Waals surface area contributed by atoms with Crippen LogP contribution >= 0.6 is 11.6 Å². The van der Waals surface area contributed by atoms with E-state index in [0.717, 1.165) is 26.1 Å². The van der Waals surface area contributed by atoms with Crippen molar-refractivity contribution in [2.75, 3.05) is 18.9 Å². The van der Waals surface area contributed by atoms with Gasteiger partial charge in [-0.25, -0.2) is 4.98 Å². The predicted molar refractivity (Wildman–Crippen MR) is 74.1 cm³/mol. The van der Waals surface area contributed by atoms with Gasteiger partial charge in [-0.3, -0.25) is 4.79 Å². The van der Waals surface area contributed by atoms with E-state index in [2.05, 4.69) is 10.3 Å². The van der Waals surface area contributed by atoms with E-state index in [0.29, 0.717) is 11.5 Å². The molecule has 2 heterocycles. The number of ether oxygens (including phenoxy) is 1. The topological polar surface area (TPSA) is 77.2 Å². The number of hydrogen-bond acceptors (Lipinski definition) is 4. The molecule has 104 valence electrons. The number of amides is 1. The lowest BCUT2D eigenvalue weighted by Gasteiger charge is -2.28. The molecule has 0 radical (unpaired) electrons. The third-order valence-electron chi connectivity index (χ3n) is 3.41. The highest BCUT2D eigenvalue weighted by Crippen LogP contribution is 2.19. The van der Waals surface area contributed by atoms with Gasteiger partial charge in [-0.05, 0) is 37.8 Å². The van der Waals surface area contributed by atoms with E-state index in [-0.39, 0.29) is 22.9 Å². The summed E-state index contributed by atoms with van der Waals surface area (Å²) in [6.45, 7) is 3.54.